The molecule has 2 amide bonds. The first-order valence-electron chi connectivity index (χ1n) is 4.18. The number of carbonyl (C=O) groups excluding carboxylic acids is 1. The van der Waals surface area contributed by atoms with Crippen LogP contribution in [0.25, 0.3) is 0 Å². The molecule has 1 rings (SSSR count). The van der Waals surface area contributed by atoms with Crippen molar-refractivity contribution in [1.82, 2.24) is 5.32 Å². The Morgan fingerprint density at radius 3 is 2.79 bits per heavy atom. The summed E-state index contributed by atoms with van der Waals surface area (Å²) in [6, 6.07) is 4.49. The lowest BCUT2D eigenvalue weighted by molar-refractivity contribution is 0.254. The molecule has 0 atom stereocenters. The number of anilines is 1. The van der Waals surface area contributed by atoms with Crippen molar-refractivity contribution >= 4 is 11.7 Å². The minimum Gasteiger partial charge on any atom is -0.506 e. The Labute approximate surface area is 81.9 Å². The van der Waals surface area contributed by atoms with Gasteiger partial charge in [0.05, 0.1) is 5.69 Å². The molecule has 5 nitrogen and oxygen atoms in total. The lowest BCUT2D eigenvalue weighted by atomic mass is 10.2. The van der Waals surface area contributed by atoms with Crippen molar-refractivity contribution in [3.63, 3.8) is 0 Å². The van der Waals surface area contributed by atoms with Gasteiger partial charge in [-0.05, 0) is 17.7 Å². The Bertz CT molecular complexity index is 339. The fourth-order valence-electron chi connectivity index (χ4n) is 0.995. The number of carbonyl (C=O) groups is 1. The van der Waals surface area contributed by atoms with Gasteiger partial charge in [0.25, 0.3) is 0 Å². The molecular weight excluding hydrogens is 182 g/mol. The van der Waals surface area contributed by atoms with E-state index in [4.69, 9.17) is 5.73 Å². The van der Waals surface area contributed by atoms with Crippen LogP contribution in [0.4, 0.5) is 10.5 Å². The highest BCUT2D eigenvalue weighted by Crippen LogP contribution is 2.23. The molecule has 1 aromatic rings. The number of aromatic hydroxyl groups is 1. The minimum atomic E-state index is -0.374. The van der Waals surface area contributed by atoms with Crippen LogP contribution in [0.2, 0.25) is 0 Å². The molecule has 0 fully saturated rings. The van der Waals surface area contributed by atoms with Crippen LogP contribution in [0, 0.1) is 0 Å². The molecule has 0 spiro atoms. The molecule has 0 aliphatic carbocycles. The molecule has 0 saturated carbocycles. The number of urea groups is 1. The van der Waals surface area contributed by atoms with E-state index < -0.39 is 0 Å². The number of phenolic OH excluding ortho intramolecular Hbond substituents is 1. The van der Waals surface area contributed by atoms with E-state index in [9.17, 15) is 9.90 Å². The summed E-state index contributed by atoms with van der Waals surface area (Å²) >= 11 is 0. The molecular formula is C9H13N3O2. The fraction of sp³-hybridized carbons (Fsp3) is 0.222. The lowest BCUT2D eigenvalue weighted by Gasteiger charge is -2.07. The van der Waals surface area contributed by atoms with E-state index in [1.165, 1.54) is 13.1 Å². The Hall–Kier alpha value is -1.75. The third-order valence-electron chi connectivity index (χ3n) is 1.77. The highest BCUT2D eigenvalue weighted by molar-refractivity contribution is 5.90. The van der Waals surface area contributed by atoms with Crippen molar-refractivity contribution in [3.05, 3.63) is 23.8 Å². The van der Waals surface area contributed by atoms with Gasteiger partial charge in [0.1, 0.15) is 5.75 Å². The predicted molar refractivity (Wildman–Crippen MR) is 54.1 cm³/mol. The maximum absolute atomic E-state index is 10.9. The number of nitrogens with one attached hydrogen (secondary N) is 2. The standard InChI is InChI=1S/C9H13N3O2/c1-11-9(14)12-7-3-2-6(5-10)4-8(7)13/h2-4,13H,5,10H2,1H3,(H2,11,12,14). The van der Waals surface area contributed by atoms with Gasteiger partial charge >= 0.3 is 6.03 Å². The largest absolute Gasteiger partial charge is 0.506 e. The van der Waals surface area contributed by atoms with Gasteiger partial charge in [0.15, 0.2) is 0 Å². The topological polar surface area (TPSA) is 87.4 Å². The Balaban J connectivity index is 2.83. The van der Waals surface area contributed by atoms with E-state index in [0.29, 0.717) is 12.2 Å². The van der Waals surface area contributed by atoms with E-state index in [1.807, 2.05) is 0 Å². The molecule has 0 aliphatic rings. The van der Waals surface area contributed by atoms with Gasteiger partial charge in [0.2, 0.25) is 0 Å². The quantitative estimate of drug-likeness (QED) is 0.521. The molecule has 0 radical (unpaired) electrons. The zero-order valence-corrected chi connectivity index (χ0v) is 7.87. The normalized spacial score (nSPS) is 9.57. The summed E-state index contributed by atoms with van der Waals surface area (Å²) in [5.41, 5.74) is 6.56. The number of rotatable bonds is 2. The van der Waals surface area contributed by atoms with E-state index >= 15 is 0 Å². The first-order valence-corrected chi connectivity index (χ1v) is 4.18. The van der Waals surface area contributed by atoms with Crippen molar-refractivity contribution in [2.75, 3.05) is 12.4 Å². The highest BCUT2D eigenvalue weighted by atomic mass is 16.3. The summed E-state index contributed by atoms with van der Waals surface area (Å²) in [4.78, 5) is 10.9. The fourth-order valence-corrected chi connectivity index (χ4v) is 0.995. The molecule has 1 aromatic carbocycles. The van der Waals surface area contributed by atoms with Gasteiger partial charge in [-0.3, -0.25) is 0 Å². The number of amides is 2. The molecule has 0 aromatic heterocycles. The number of hydrogen-bond acceptors (Lipinski definition) is 3. The average Bonchev–Trinajstić information content (AvgIpc) is 2.20. The highest BCUT2D eigenvalue weighted by Gasteiger charge is 2.04. The van der Waals surface area contributed by atoms with Crippen molar-refractivity contribution in [2.45, 2.75) is 6.54 Å². The Morgan fingerprint density at radius 1 is 1.57 bits per heavy atom. The number of hydrogen-bond donors (Lipinski definition) is 4. The summed E-state index contributed by atoms with van der Waals surface area (Å²) in [5.74, 6) is 0.0107. The number of nitrogens with two attached hydrogens (primary N) is 1. The van der Waals surface area contributed by atoms with Crippen LogP contribution in [0.15, 0.2) is 18.2 Å². The maximum Gasteiger partial charge on any atom is 0.319 e. The summed E-state index contributed by atoms with van der Waals surface area (Å²) in [5, 5.41) is 14.3. The second-order valence-corrected chi connectivity index (χ2v) is 2.76. The van der Waals surface area contributed by atoms with E-state index in [2.05, 4.69) is 10.6 Å². The second-order valence-electron chi connectivity index (χ2n) is 2.76. The van der Waals surface area contributed by atoms with Gasteiger partial charge in [-0.2, -0.15) is 0 Å². The van der Waals surface area contributed by atoms with Crippen LogP contribution >= 0.6 is 0 Å². The van der Waals surface area contributed by atoms with Crippen LogP contribution in [0.5, 0.6) is 5.75 Å². The summed E-state index contributed by atoms with van der Waals surface area (Å²) in [7, 11) is 1.50. The molecule has 5 heteroatoms. The van der Waals surface area contributed by atoms with E-state index in [1.54, 1.807) is 12.1 Å². The smallest absolute Gasteiger partial charge is 0.319 e. The zero-order valence-electron chi connectivity index (χ0n) is 7.87. The molecule has 14 heavy (non-hydrogen) atoms. The van der Waals surface area contributed by atoms with Crippen molar-refractivity contribution < 1.29 is 9.90 Å². The SMILES string of the molecule is CNC(=O)Nc1ccc(CN)cc1O. The van der Waals surface area contributed by atoms with Crippen LogP contribution < -0.4 is 16.4 Å². The molecule has 0 unspecified atom stereocenters. The number of phenols is 1. The van der Waals surface area contributed by atoms with Gasteiger partial charge in [-0.25, -0.2) is 4.79 Å². The predicted octanol–water partition coefficient (Wildman–Crippen LogP) is 0.602. The molecule has 76 valence electrons. The van der Waals surface area contributed by atoms with Crippen LogP contribution in [0.3, 0.4) is 0 Å². The van der Waals surface area contributed by atoms with Crippen LogP contribution in [-0.4, -0.2) is 18.2 Å². The van der Waals surface area contributed by atoms with E-state index in [-0.39, 0.29) is 11.8 Å². The van der Waals surface area contributed by atoms with Gasteiger partial charge < -0.3 is 21.5 Å². The van der Waals surface area contributed by atoms with Gasteiger partial charge in [-0.1, -0.05) is 6.07 Å². The average molecular weight is 195 g/mol. The third-order valence-corrected chi connectivity index (χ3v) is 1.77. The third kappa shape index (κ3) is 2.37. The molecule has 0 heterocycles. The maximum atomic E-state index is 10.9. The van der Waals surface area contributed by atoms with Crippen LogP contribution in [0.1, 0.15) is 5.56 Å². The Kier molecular flexibility index (Phi) is 3.30. The van der Waals surface area contributed by atoms with Crippen molar-refractivity contribution in [1.29, 1.82) is 0 Å². The summed E-state index contributed by atoms with van der Waals surface area (Å²) in [6.07, 6.45) is 0. The monoisotopic (exact) mass is 195 g/mol. The first-order chi connectivity index (χ1) is 6.67. The summed E-state index contributed by atoms with van der Waals surface area (Å²) in [6.45, 7) is 0.355. The van der Waals surface area contributed by atoms with Crippen molar-refractivity contribution in [3.8, 4) is 5.75 Å². The number of benzene rings is 1. The lowest BCUT2D eigenvalue weighted by Crippen LogP contribution is -2.24. The molecule has 5 N–H and O–H groups in total. The zero-order chi connectivity index (χ0) is 10.6. The minimum absolute atomic E-state index is 0.0107. The summed E-state index contributed by atoms with van der Waals surface area (Å²) < 4.78 is 0. The second kappa shape index (κ2) is 4.48. The molecule has 0 aliphatic heterocycles. The van der Waals surface area contributed by atoms with Crippen molar-refractivity contribution in [2.24, 2.45) is 5.73 Å². The van der Waals surface area contributed by atoms with Gasteiger partial charge in [0, 0.05) is 13.6 Å². The van der Waals surface area contributed by atoms with Gasteiger partial charge in [-0.15, -0.1) is 0 Å². The van der Waals surface area contributed by atoms with Crippen LogP contribution in [-0.2, 0) is 6.54 Å². The Morgan fingerprint density at radius 2 is 2.29 bits per heavy atom. The van der Waals surface area contributed by atoms with E-state index in [0.717, 1.165) is 5.56 Å². The molecule has 0 saturated heterocycles. The first kappa shape index (κ1) is 10.3. The molecule has 0 bridgehead atoms.